The lowest BCUT2D eigenvalue weighted by atomic mass is 10.0. The molecule has 67 heavy (non-hydrogen) atoms. The standard InChI is InChI=1S/C60H38N6S/c1-7-19-52-46(13-1)47-14-2-8-20-53(47)64(52)42-27-25-39(26-28-42)45-37-38-58(60-59(45)61-67-62-60)63(40-29-33-43(34-30-40)65-54-21-9-3-15-48(54)49-16-4-10-22-55(49)65)41-31-35-44(36-32-41)66-56-23-11-5-17-50(56)51-18-6-12-24-57(51)66/h1-38H. The van der Waals surface area contributed by atoms with E-state index in [1.807, 2.05) is 0 Å². The Balaban J connectivity index is 0.899. The third kappa shape index (κ3) is 5.75. The maximum atomic E-state index is 5.03. The van der Waals surface area contributed by atoms with E-state index in [0.717, 1.165) is 56.3 Å². The van der Waals surface area contributed by atoms with Crippen LogP contribution in [0, 0.1) is 0 Å². The molecule has 0 unspecified atom stereocenters. The second-order valence-electron chi connectivity index (χ2n) is 17.1. The first kappa shape index (κ1) is 37.6. The van der Waals surface area contributed by atoms with Crippen molar-refractivity contribution in [3.05, 3.63) is 231 Å². The van der Waals surface area contributed by atoms with Crippen LogP contribution in [0.3, 0.4) is 0 Å². The maximum absolute atomic E-state index is 5.03. The second kappa shape index (κ2) is 14.9. The Bertz CT molecular complexity index is 3890. The zero-order valence-corrected chi connectivity index (χ0v) is 36.8. The van der Waals surface area contributed by atoms with Crippen LogP contribution in [0.15, 0.2) is 231 Å². The van der Waals surface area contributed by atoms with Gasteiger partial charge < -0.3 is 18.6 Å². The summed E-state index contributed by atoms with van der Waals surface area (Å²) in [6.45, 7) is 0. The van der Waals surface area contributed by atoms with E-state index < -0.39 is 0 Å². The van der Waals surface area contributed by atoms with E-state index >= 15 is 0 Å². The van der Waals surface area contributed by atoms with Crippen molar-refractivity contribution in [1.29, 1.82) is 0 Å². The highest BCUT2D eigenvalue weighted by Gasteiger charge is 2.22. The van der Waals surface area contributed by atoms with Crippen LogP contribution in [0.4, 0.5) is 17.1 Å². The summed E-state index contributed by atoms with van der Waals surface area (Å²) < 4.78 is 17.1. The summed E-state index contributed by atoms with van der Waals surface area (Å²) in [5, 5.41) is 7.47. The topological polar surface area (TPSA) is 43.8 Å². The van der Waals surface area contributed by atoms with Crippen LogP contribution in [0.5, 0.6) is 0 Å². The molecule has 6 nitrogen and oxygen atoms in total. The average molecular weight is 875 g/mol. The summed E-state index contributed by atoms with van der Waals surface area (Å²) in [6.07, 6.45) is 0. The summed E-state index contributed by atoms with van der Waals surface area (Å²) in [5.41, 5.74) is 17.3. The molecular weight excluding hydrogens is 837 g/mol. The number of benzene rings is 10. The Hall–Kier alpha value is -8.78. The van der Waals surface area contributed by atoms with Crippen molar-refractivity contribution in [3.63, 3.8) is 0 Å². The van der Waals surface area contributed by atoms with Gasteiger partial charge in [0, 0.05) is 66.3 Å². The van der Waals surface area contributed by atoms with Crippen LogP contribution in [0.2, 0.25) is 0 Å². The number of nitrogens with zero attached hydrogens (tertiary/aromatic N) is 6. The lowest BCUT2D eigenvalue weighted by Gasteiger charge is -2.26. The molecule has 4 aromatic heterocycles. The summed E-state index contributed by atoms with van der Waals surface area (Å²) in [4.78, 5) is 2.32. The SMILES string of the molecule is c1ccc2c(c1)c1ccccc1n2-c1ccc(-c2ccc(N(c3ccc(-n4c5ccccc5c5ccccc54)cc3)c3ccc(-n4c5ccccc5c5ccccc54)cc3)c3nsnc23)cc1. The highest BCUT2D eigenvalue weighted by atomic mass is 32.1. The third-order valence-electron chi connectivity index (χ3n) is 13.5. The lowest BCUT2D eigenvalue weighted by Crippen LogP contribution is -2.11. The molecule has 0 spiro atoms. The Morgan fingerprint density at radius 2 is 0.612 bits per heavy atom. The minimum absolute atomic E-state index is 0.854. The van der Waals surface area contributed by atoms with Gasteiger partial charge in [0.05, 0.1) is 50.5 Å². The largest absolute Gasteiger partial charge is 0.309 e. The van der Waals surface area contributed by atoms with Gasteiger partial charge in [0.15, 0.2) is 0 Å². The molecule has 0 saturated heterocycles. The molecule has 10 aromatic carbocycles. The van der Waals surface area contributed by atoms with Crippen LogP contribution in [0.1, 0.15) is 0 Å². The first-order chi connectivity index (χ1) is 33.3. The van der Waals surface area contributed by atoms with E-state index in [4.69, 9.17) is 8.75 Å². The van der Waals surface area contributed by atoms with E-state index in [2.05, 4.69) is 249 Å². The number of anilines is 3. The van der Waals surface area contributed by atoms with Gasteiger partial charge in [0.2, 0.25) is 0 Å². The van der Waals surface area contributed by atoms with E-state index in [1.165, 1.54) is 77.1 Å². The first-order valence-corrected chi connectivity index (χ1v) is 23.3. The second-order valence-corrected chi connectivity index (χ2v) is 17.6. The predicted molar refractivity (Wildman–Crippen MR) is 281 cm³/mol. The molecule has 0 N–H and O–H groups in total. The highest BCUT2D eigenvalue weighted by Crippen LogP contribution is 2.43. The molecule has 0 radical (unpaired) electrons. The Morgan fingerprint density at radius 1 is 0.299 bits per heavy atom. The van der Waals surface area contributed by atoms with Crippen LogP contribution >= 0.6 is 11.7 Å². The van der Waals surface area contributed by atoms with E-state index in [0.29, 0.717) is 0 Å². The van der Waals surface area contributed by atoms with Crippen molar-refractivity contribution in [2.24, 2.45) is 0 Å². The average Bonchev–Trinajstić information content (AvgIpc) is 4.18. The molecule has 0 amide bonds. The molecule has 7 heteroatoms. The molecule has 0 saturated carbocycles. The molecule has 0 aliphatic rings. The molecule has 0 aliphatic heterocycles. The van der Waals surface area contributed by atoms with Gasteiger partial charge >= 0.3 is 0 Å². The molecular formula is C60H38N6S. The van der Waals surface area contributed by atoms with E-state index in [-0.39, 0.29) is 0 Å². The van der Waals surface area contributed by atoms with Gasteiger partial charge in [-0.3, -0.25) is 0 Å². The van der Waals surface area contributed by atoms with Crippen LogP contribution in [0.25, 0.3) is 105 Å². The summed E-state index contributed by atoms with van der Waals surface area (Å²) in [5.74, 6) is 0. The van der Waals surface area contributed by atoms with Gasteiger partial charge in [0.1, 0.15) is 11.0 Å². The van der Waals surface area contributed by atoms with Crippen molar-refractivity contribution >= 4 is 105 Å². The lowest BCUT2D eigenvalue weighted by molar-refractivity contribution is 1.17. The van der Waals surface area contributed by atoms with Crippen LogP contribution in [-0.2, 0) is 0 Å². The number of aromatic nitrogens is 5. The van der Waals surface area contributed by atoms with Crippen LogP contribution < -0.4 is 4.90 Å². The minimum atomic E-state index is 0.854. The Morgan fingerprint density at radius 3 is 0.970 bits per heavy atom. The van der Waals surface area contributed by atoms with Crippen molar-refractivity contribution < 1.29 is 0 Å². The molecule has 0 fully saturated rings. The molecule has 0 bridgehead atoms. The van der Waals surface area contributed by atoms with Gasteiger partial charge in [-0.2, -0.15) is 8.75 Å². The molecule has 0 atom stereocenters. The molecule has 14 rings (SSSR count). The normalized spacial score (nSPS) is 11.9. The quantitative estimate of drug-likeness (QED) is 0.160. The monoisotopic (exact) mass is 874 g/mol. The number of rotatable bonds is 7. The summed E-state index contributed by atoms with van der Waals surface area (Å²) in [6, 6.07) is 83.0. The zero-order valence-electron chi connectivity index (χ0n) is 36.0. The fraction of sp³-hybridized carbons (Fsp3) is 0. The number of para-hydroxylation sites is 6. The number of fused-ring (bicyclic) bond motifs is 10. The first-order valence-electron chi connectivity index (χ1n) is 22.6. The predicted octanol–water partition coefficient (Wildman–Crippen LogP) is 16.1. The van der Waals surface area contributed by atoms with E-state index in [1.54, 1.807) is 0 Å². The Kier molecular flexibility index (Phi) is 8.35. The minimum Gasteiger partial charge on any atom is -0.309 e. The summed E-state index contributed by atoms with van der Waals surface area (Å²) >= 11 is 1.26. The molecule has 314 valence electrons. The van der Waals surface area contributed by atoms with Gasteiger partial charge in [-0.15, -0.1) is 0 Å². The number of hydrogen-bond donors (Lipinski definition) is 0. The summed E-state index contributed by atoms with van der Waals surface area (Å²) in [7, 11) is 0. The van der Waals surface area contributed by atoms with Gasteiger partial charge in [-0.1, -0.05) is 121 Å². The van der Waals surface area contributed by atoms with E-state index in [9.17, 15) is 0 Å². The molecule has 4 heterocycles. The maximum Gasteiger partial charge on any atom is 0.129 e. The van der Waals surface area contributed by atoms with Gasteiger partial charge in [0.25, 0.3) is 0 Å². The zero-order chi connectivity index (χ0) is 44.0. The van der Waals surface area contributed by atoms with Crippen molar-refractivity contribution in [2.75, 3.05) is 4.90 Å². The molecule has 0 aliphatic carbocycles. The third-order valence-corrected chi connectivity index (χ3v) is 14.1. The fourth-order valence-corrected chi connectivity index (χ4v) is 11.2. The van der Waals surface area contributed by atoms with Crippen molar-refractivity contribution in [2.45, 2.75) is 0 Å². The van der Waals surface area contributed by atoms with Gasteiger partial charge in [-0.05, 0) is 115 Å². The number of hydrogen-bond acceptors (Lipinski definition) is 4. The smallest absolute Gasteiger partial charge is 0.129 e. The van der Waals surface area contributed by atoms with Crippen molar-refractivity contribution in [1.82, 2.24) is 22.4 Å². The highest BCUT2D eigenvalue weighted by molar-refractivity contribution is 7.00. The van der Waals surface area contributed by atoms with Gasteiger partial charge in [-0.25, -0.2) is 0 Å². The van der Waals surface area contributed by atoms with Crippen molar-refractivity contribution in [3.8, 4) is 28.2 Å². The Labute approximate surface area is 389 Å². The fourth-order valence-electron chi connectivity index (χ4n) is 10.6. The van der Waals surface area contributed by atoms with Crippen LogP contribution in [-0.4, -0.2) is 22.4 Å². The molecule has 14 aromatic rings.